The maximum Gasteiger partial charge on any atom is 0.251 e. The molecule has 4 rings (SSSR count). The van der Waals surface area contributed by atoms with Crippen LogP contribution in [0, 0.1) is 0 Å². The van der Waals surface area contributed by atoms with Crippen LogP contribution in [0.3, 0.4) is 0 Å². The van der Waals surface area contributed by atoms with Crippen molar-refractivity contribution < 1.29 is 4.79 Å². The molecule has 0 unspecified atom stereocenters. The number of hydrogen-bond acceptors (Lipinski definition) is 5. The summed E-state index contributed by atoms with van der Waals surface area (Å²) in [5.41, 5.74) is 4.69. The average molecular weight is 515 g/mol. The van der Waals surface area contributed by atoms with Gasteiger partial charge in [0.1, 0.15) is 5.69 Å². The van der Waals surface area contributed by atoms with Gasteiger partial charge in [-0.3, -0.25) is 4.79 Å². The number of nitrogens with zero attached hydrogens (tertiary/aromatic N) is 3. The zero-order valence-corrected chi connectivity index (χ0v) is 21.6. The van der Waals surface area contributed by atoms with Crippen LogP contribution in [0.15, 0.2) is 91.4 Å². The van der Waals surface area contributed by atoms with E-state index in [9.17, 15) is 4.79 Å². The first-order chi connectivity index (χ1) is 17.5. The van der Waals surface area contributed by atoms with Crippen LogP contribution < -0.4 is 10.2 Å². The Hall–Kier alpha value is -3.61. The molecule has 0 atom stereocenters. The van der Waals surface area contributed by atoms with Crippen molar-refractivity contribution in [3.63, 3.8) is 0 Å². The van der Waals surface area contributed by atoms with Gasteiger partial charge in [-0.25, -0.2) is 9.97 Å². The van der Waals surface area contributed by atoms with Gasteiger partial charge in [-0.15, -0.1) is 0 Å². The van der Waals surface area contributed by atoms with E-state index in [1.54, 1.807) is 17.5 Å². The average Bonchev–Trinajstić information content (AvgIpc) is 2.89. The van der Waals surface area contributed by atoms with E-state index in [0.717, 1.165) is 16.3 Å². The fraction of sp³-hybridized carbons (Fsp3) is 0.138. The van der Waals surface area contributed by atoms with E-state index >= 15 is 0 Å². The molecule has 1 aromatic heterocycles. The second-order valence-corrected chi connectivity index (χ2v) is 9.72. The van der Waals surface area contributed by atoms with Gasteiger partial charge in [-0.2, -0.15) is 0 Å². The molecule has 182 valence electrons. The van der Waals surface area contributed by atoms with Gasteiger partial charge in [-0.05, 0) is 47.2 Å². The lowest BCUT2D eigenvalue weighted by atomic mass is 10.1. The van der Waals surface area contributed by atoms with Crippen molar-refractivity contribution in [1.82, 2.24) is 15.3 Å². The number of rotatable bonds is 10. The lowest BCUT2D eigenvalue weighted by Crippen LogP contribution is -2.25. The standard InChI is InChI=1S/C29H27ClN4OS/c1-4-36-20(2)27-28(34(3)19-21-10-6-5-7-11-21)33-25-15-14-23(18-26(25)32-27)29(35)31-17-16-22-12-8-9-13-24(22)30/h4-15,18H,1-2,16-17,19H2,3H3,(H,31,35). The van der Waals surface area contributed by atoms with E-state index < -0.39 is 0 Å². The highest BCUT2D eigenvalue weighted by Gasteiger charge is 2.17. The molecule has 0 bridgehead atoms. The number of thioether (sulfide) groups is 1. The molecule has 0 aliphatic heterocycles. The first-order valence-electron chi connectivity index (χ1n) is 11.5. The van der Waals surface area contributed by atoms with Crippen LogP contribution in [0.5, 0.6) is 0 Å². The molecule has 0 saturated carbocycles. The maximum atomic E-state index is 12.8. The summed E-state index contributed by atoms with van der Waals surface area (Å²) in [4.78, 5) is 25.4. The molecular weight excluding hydrogens is 488 g/mol. The molecule has 0 aliphatic carbocycles. The Labute approximate surface area is 220 Å². The summed E-state index contributed by atoms with van der Waals surface area (Å²) in [6, 6.07) is 23.2. The SMILES string of the molecule is C=CSC(=C)c1nc2cc(C(=O)NCCc3ccccc3Cl)ccc2nc1N(C)Cc1ccccc1. The van der Waals surface area contributed by atoms with Crippen LogP contribution in [0.2, 0.25) is 5.02 Å². The molecule has 36 heavy (non-hydrogen) atoms. The van der Waals surface area contributed by atoms with Crippen molar-refractivity contribution >= 4 is 51.0 Å². The third-order valence-corrected chi connectivity index (χ3v) is 6.67. The second-order valence-electron chi connectivity index (χ2n) is 8.25. The summed E-state index contributed by atoms with van der Waals surface area (Å²) in [6.45, 7) is 9.13. The Morgan fingerprint density at radius 3 is 2.56 bits per heavy atom. The number of halogens is 1. The Morgan fingerprint density at radius 2 is 1.81 bits per heavy atom. The highest BCUT2D eigenvalue weighted by molar-refractivity contribution is 8.10. The quantitative estimate of drug-likeness (QED) is 0.254. The van der Waals surface area contributed by atoms with E-state index in [0.29, 0.717) is 46.8 Å². The minimum Gasteiger partial charge on any atom is -0.354 e. The smallest absolute Gasteiger partial charge is 0.251 e. The van der Waals surface area contributed by atoms with Crippen molar-refractivity contribution in [2.45, 2.75) is 13.0 Å². The minimum atomic E-state index is -0.170. The van der Waals surface area contributed by atoms with E-state index in [-0.39, 0.29) is 5.91 Å². The minimum absolute atomic E-state index is 0.170. The molecule has 0 aliphatic rings. The van der Waals surface area contributed by atoms with Crippen LogP contribution in [-0.4, -0.2) is 29.5 Å². The Balaban J connectivity index is 1.58. The van der Waals surface area contributed by atoms with E-state index in [2.05, 4.69) is 35.5 Å². The van der Waals surface area contributed by atoms with Gasteiger partial charge < -0.3 is 10.2 Å². The third kappa shape index (κ3) is 6.14. The zero-order chi connectivity index (χ0) is 25.5. The Morgan fingerprint density at radius 1 is 1.06 bits per heavy atom. The van der Waals surface area contributed by atoms with Gasteiger partial charge in [0.05, 0.1) is 11.0 Å². The number of fused-ring (bicyclic) bond motifs is 1. The van der Waals surface area contributed by atoms with Crippen LogP contribution in [-0.2, 0) is 13.0 Å². The number of carbonyl (C=O) groups excluding carboxylic acids is 1. The lowest BCUT2D eigenvalue weighted by molar-refractivity contribution is 0.0954. The molecule has 0 saturated heterocycles. The second kappa shape index (κ2) is 11.9. The lowest BCUT2D eigenvalue weighted by Gasteiger charge is -2.22. The third-order valence-electron chi connectivity index (χ3n) is 5.66. The number of aromatic nitrogens is 2. The van der Waals surface area contributed by atoms with Crippen molar-refractivity contribution in [3.8, 4) is 0 Å². The molecule has 1 N–H and O–H groups in total. The molecule has 1 amide bonds. The Bertz CT molecular complexity index is 1410. The van der Waals surface area contributed by atoms with Gasteiger partial charge >= 0.3 is 0 Å². The fourth-order valence-corrected chi connectivity index (χ4v) is 4.52. The van der Waals surface area contributed by atoms with Crippen LogP contribution in [0.1, 0.15) is 27.2 Å². The van der Waals surface area contributed by atoms with Crippen molar-refractivity contribution in [3.05, 3.63) is 119 Å². The number of nitrogens with one attached hydrogen (secondary N) is 1. The number of benzene rings is 3. The van der Waals surface area contributed by atoms with Gasteiger partial charge in [-0.1, -0.05) is 85.1 Å². The van der Waals surface area contributed by atoms with Crippen molar-refractivity contribution in [2.75, 3.05) is 18.5 Å². The molecule has 7 heteroatoms. The molecule has 0 fully saturated rings. The summed E-state index contributed by atoms with van der Waals surface area (Å²) in [5.74, 6) is 0.555. The molecule has 0 radical (unpaired) electrons. The number of hydrogen-bond donors (Lipinski definition) is 1. The van der Waals surface area contributed by atoms with Crippen molar-refractivity contribution in [1.29, 1.82) is 0 Å². The molecule has 3 aromatic carbocycles. The first-order valence-corrected chi connectivity index (χ1v) is 12.8. The monoisotopic (exact) mass is 514 g/mol. The summed E-state index contributed by atoms with van der Waals surface area (Å²) < 4.78 is 0. The van der Waals surface area contributed by atoms with Crippen LogP contribution in [0.4, 0.5) is 5.82 Å². The van der Waals surface area contributed by atoms with Gasteiger partial charge in [0.15, 0.2) is 5.82 Å². The van der Waals surface area contributed by atoms with Crippen LogP contribution in [0.25, 0.3) is 15.9 Å². The zero-order valence-electron chi connectivity index (χ0n) is 20.1. The topological polar surface area (TPSA) is 58.1 Å². The fourth-order valence-electron chi connectivity index (χ4n) is 3.84. The highest BCUT2D eigenvalue weighted by Crippen LogP contribution is 2.33. The van der Waals surface area contributed by atoms with Gasteiger partial charge in [0.25, 0.3) is 5.91 Å². The van der Waals surface area contributed by atoms with Crippen LogP contribution >= 0.6 is 23.4 Å². The number of anilines is 1. The van der Waals surface area contributed by atoms with E-state index in [1.165, 1.54) is 17.3 Å². The number of carbonyl (C=O) groups is 1. The summed E-state index contributed by atoms with van der Waals surface area (Å²) in [7, 11) is 1.99. The van der Waals surface area contributed by atoms with E-state index in [4.69, 9.17) is 21.6 Å². The first kappa shape index (κ1) is 25.5. The predicted molar refractivity (Wildman–Crippen MR) is 152 cm³/mol. The molecular formula is C29H27ClN4OS. The van der Waals surface area contributed by atoms with Crippen molar-refractivity contribution in [2.24, 2.45) is 0 Å². The normalized spacial score (nSPS) is 10.7. The summed E-state index contributed by atoms with van der Waals surface area (Å²) >= 11 is 7.62. The van der Waals surface area contributed by atoms with Gasteiger partial charge in [0.2, 0.25) is 0 Å². The molecule has 5 nitrogen and oxygen atoms in total. The van der Waals surface area contributed by atoms with E-state index in [1.807, 2.05) is 55.6 Å². The molecule has 1 heterocycles. The maximum absolute atomic E-state index is 12.8. The predicted octanol–water partition coefficient (Wildman–Crippen LogP) is 6.74. The summed E-state index contributed by atoms with van der Waals surface area (Å²) in [6.07, 6.45) is 0.651. The Kier molecular flexibility index (Phi) is 8.41. The molecule has 0 spiro atoms. The highest BCUT2D eigenvalue weighted by atomic mass is 35.5. The summed E-state index contributed by atoms with van der Waals surface area (Å²) in [5, 5.41) is 5.39. The van der Waals surface area contributed by atoms with Gasteiger partial charge in [0, 0.05) is 35.6 Å². The molecule has 4 aromatic rings. The largest absolute Gasteiger partial charge is 0.354 e. The number of amides is 1.